The van der Waals surface area contributed by atoms with Crippen molar-refractivity contribution in [2.24, 2.45) is 0 Å². The number of thiophene rings is 1. The Balaban J connectivity index is 1.45. The number of aromatic amines is 1. The minimum absolute atomic E-state index is 0.113. The highest BCUT2D eigenvalue weighted by molar-refractivity contribution is 7.91. The fraction of sp³-hybridized carbons (Fsp3) is 0.259. The largest absolute Gasteiger partial charge is 0.491 e. The van der Waals surface area contributed by atoms with Gasteiger partial charge in [0.15, 0.2) is 9.84 Å². The van der Waals surface area contributed by atoms with Crippen molar-refractivity contribution in [2.45, 2.75) is 31.7 Å². The van der Waals surface area contributed by atoms with E-state index in [2.05, 4.69) is 21.4 Å². The fourth-order valence-corrected chi connectivity index (χ4v) is 6.33. The van der Waals surface area contributed by atoms with Crippen molar-refractivity contribution in [2.75, 3.05) is 18.9 Å². The highest BCUT2D eigenvalue weighted by atomic mass is 32.2. The lowest BCUT2D eigenvalue weighted by Gasteiger charge is -2.22. The number of rotatable bonds is 6. The van der Waals surface area contributed by atoms with E-state index >= 15 is 4.39 Å². The number of H-pyrrole nitrogens is 1. The van der Waals surface area contributed by atoms with Crippen LogP contribution in [0.5, 0.6) is 5.75 Å². The van der Waals surface area contributed by atoms with Crippen molar-refractivity contribution in [3.63, 3.8) is 0 Å². The molecule has 1 amide bonds. The average Bonchev–Trinajstić information content (AvgIpc) is 3.56. The van der Waals surface area contributed by atoms with Crippen molar-refractivity contribution in [3.8, 4) is 27.6 Å². The average molecular weight is 540 g/mol. The molecule has 1 aliphatic heterocycles. The second-order valence-corrected chi connectivity index (χ2v) is 11.9. The maximum Gasteiger partial charge on any atom is 0.254 e. The Bertz CT molecular complexity index is 1560. The highest BCUT2D eigenvalue weighted by Crippen LogP contribution is 2.35. The molecule has 5 rings (SSSR count). The third kappa shape index (κ3) is 4.78. The summed E-state index contributed by atoms with van der Waals surface area (Å²) < 4.78 is 45.8. The summed E-state index contributed by atoms with van der Waals surface area (Å²) in [7, 11) is -3.74. The molecule has 37 heavy (non-hydrogen) atoms. The molecule has 10 heteroatoms. The third-order valence-corrected chi connectivity index (χ3v) is 9.18. The van der Waals surface area contributed by atoms with E-state index in [1.54, 1.807) is 35.6 Å². The molecule has 2 aromatic heterocycles. The Morgan fingerprint density at radius 3 is 2.76 bits per heavy atom. The summed E-state index contributed by atoms with van der Waals surface area (Å²) in [6.45, 7) is 4.09. The molecule has 0 saturated heterocycles. The first-order valence-electron chi connectivity index (χ1n) is 12.0. The molecule has 0 radical (unpaired) electrons. The number of ether oxygens (including phenoxy) is 1. The van der Waals surface area contributed by atoms with Crippen LogP contribution in [0.3, 0.4) is 0 Å². The zero-order valence-corrected chi connectivity index (χ0v) is 22.1. The van der Waals surface area contributed by atoms with Crippen LogP contribution in [-0.4, -0.2) is 48.1 Å². The number of fused-ring (bicyclic) bond motifs is 1. The quantitative estimate of drug-likeness (QED) is 0.357. The van der Waals surface area contributed by atoms with Gasteiger partial charge < -0.3 is 14.6 Å². The van der Waals surface area contributed by atoms with Crippen molar-refractivity contribution in [1.82, 2.24) is 14.9 Å². The lowest BCUT2D eigenvalue weighted by Crippen LogP contribution is -2.33. The molecule has 1 aliphatic rings. The molecule has 0 aliphatic carbocycles. The Hall–Kier alpha value is -3.50. The van der Waals surface area contributed by atoms with Gasteiger partial charge in [0.1, 0.15) is 28.9 Å². The van der Waals surface area contributed by atoms with E-state index in [0.717, 1.165) is 27.4 Å². The summed E-state index contributed by atoms with van der Waals surface area (Å²) in [4.78, 5) is 23.3. The van der Waals surface area contributed by atoms with E-state index < -0.39 is 15.7 Å². The summed E-state index contributed by atoms with van der Waals surface area (Å²) >= 11 is 1.59. The number of carbonyl (C=O) groups is 1. The molecule has 0 saturated carbocycles. The molecule has 4 aromatic rings. The number of imidazole rings is 1. The maximum atomic E-state index is 15.2. The minimum Gasteiger partial charge on any atom is -0.491 e. The Kier molecular flexibility index (Phi) is 6.87. The molecule has 2 aromatic carbocycles. The molecular weight excluding hydrogens is 513 g/mol. The summed E-state index contributed by atoms with van der Waals surface area (Å²) in [5, 5.41) is 2.06. The van der Waals surface area contributed by atoms with Gasteiger partial charge in [0.2, 0.25) is 0 Å². The van der Waals surface area contributed by atoms with Gasteiger partial charge in [-0.1, -0.05) is 19.9 Å². The summed E-state index contributed by atoms with van der Waals surface area (Å²) in [5.41, 5.74) is 3.15. The van der Waals surface area contributed by atoms with Crippen LogP contribution in [0.2, 0.25) is 0 Å². The second kappa shape index (κ2) is 10.1. The molecule has 192 valence electrons. The number of nitrogens with zero attached hydrogens (tertiary/aromatic N) is 2. The zero-order valence-electron chi connectivity index (χ0n) is 20.5. The van der Waals surface area contributed by atoms with Crippen LogP contribution in [0, 0.1) is 5.82 Å². The van der Waals surface area contributed by atoms with E-state index in [0.29, 0.717) is 18.9 Å². The van der Waals surface area contributed by atoms with Gasteiger partial charge in [0.05, 0.1) is 17.2 Å². The van der Waals surface area contributed by atoms with Crippen LogP contribution >= 0.6 is 11.3 Å². The summed E-state index contributed by atoms with van der Waals surface area (Å²) in [6, 6.07) is 10.6. The number of benzene rings is 2. The van der Waals surface area contributed by atoms with Crippen LogP contribution in [0.1, 0.15) is 35.3 Å². The molecule has 7 nitrogen and oxygen atoms in total. The zero-order chi connectivity index (χ0) is 26.2. The standard InChI is InChI=1S/C27H26FN3O4S2/c1-3-20-21(6-8-24(25(20)28)37(33,34)4-2)27(32)31-11-12-35-22-7-5-17(13-18(22)15-31)19-14-23(36-16-19)26-29-9-10-30-26/h5-10,13-14,16H,3-4,11-12,15H2,1-2H3,(H,29,30). The van der Waals surface area contributed by atoms with Gasteiger partial charge in [-0.2, -0.15) is 0 Å². The van der Waals surface area contributed by atoms with Gasteiger partial charge in [-0.25, -0.2) is 17.8 Å². The van der Waals surface area contributed by atoms with Gasteiger partial charge in [-0.3, -0.25) is 4.79 Å². The van der Waals surface area contributed by atoms with Gasteiger partial charge >= 0.3 is 0 Å². The monoisotopic (exact) mass is 539 g/mol. The van der Waals surface area contributed by atoms with E-state index in [-0.39, 0.29) is 40.6 Å². The Morgan fingerprint density at radius 1 is 1.19 bits per heavy atom. The number of aromatic nitrogens is 2. The van der Waals surface area contributed by atoms with Crippen molar-refractivity contribution in [1.29, 1.82) is 0 Å². The first-order chi connectivity index (χ1) is 17.8. The van der Waals surface area contributed by atoms with Crippen LogP contribution in [0.4, 0.5) is 4.39 Å². The predicted molar refractivity (Wildman–Crippen MR) is 141 cm³/mol. The number of nitrogens with one attached hydrogen (secondary N) is 1. The molecule has 0 atom stereocenters. The van der Waals surface area contributed by atoms with E-state index in [1.807, 2.05) is 18.2 Å². The third-order valence-electron chi connectivity index (χ3n) is 6.50. The predicted octanol–water partition coefficient (Wildman–Crippen LogP) is 5.34. The number of hydrogen-bond acceptors (Lipinski definition) is 6. The molecule has 0 bridgehead atoms. The molecular formula is C27H26FN3O4S2. The fourth-order valence-electron chi connectivity index (χ4n) is 4.47. The Labute approximate surface area is 218 Å². The second-order valence-electron chi connectivity index (χ2n) is 8.70. The first kappa shape index (κ1) is 25.2. The number of sulfone groups is 1. The molecule has 0 fully saturated rings. The van der Waals surface area contributed by atoms with Gasteiger partial charge in [-0.15, -0.1) is 11.3 Å². The van der Waals surface area contributed by atoms with Crippen molar-refractivity contribution < 1.29 is 22.3 Å². The number of amides is 1. The minimum atomic E-state index is -3.74. The molecule has 0 unspecified atom stereocenters. The number of hydrogen-bond donors (Lipinski definition) is 1. The van der Waals surface area contributed by atoms with Crippen LogP contribution < -0.4 is 4.74 Å². The first-order valence-corrected chi connectivity index (χ1v) is 14.5. The SMILES string of the molecule is CCc1c(C(=O)N2CCOc3ccc(-c4csc(-c5ncc[nH]5)c4)cc3C2)ccc(S(=O)(=O)CC)c1F. The summed E-state index contributed by atoms with van der Waals surface area (Å²) in [6.07, 6.45) is 3.69. The van der Waals surface area contributed by atoms with Crippen molar-refractivity contribution >= 4 is 27.1 Å². The van der Waals surface area contributed by atoms with Crippen LogP contribution in [0.15, 0.2) is 59.1 Å². The lowest BCUT2D eigenvalue weighted by atomic mass is 10.0. The van der Waals surface area contributed by atoms with Gasteiger partial charge in [0, 0.05) is 35.6 Å². The number of carbonyl (C=O) groups excluding carboxylic acids is 1. The summed E-state index contributed by atoms with van der Waals surface area (Å²) in [5.74, 6) is 0.105. The van der Waals surface area contributed by atoms with Crippen LogP contribution in [-0.2, 0) is 22.8 Å². The van der Waals surface area contributed by atoms with E-state index in [1.165, 1.54) is 19.1 Å². The van der Waals surface area contributed by atoms with E-state index in [9.17, 15) is 13.2 Å². The van der Waals surface area contributed by atoms with Gasteiger partial charge in [0.25, 0.3) is 5.91 Å². The van der Waals surface area contributed by atoms with Crippen molar-refractivity contribution in [3.05, 3.63) is 76.7 Å². The lowest BCUT2D eigenvalue weighted by molar-refractivity contribution is 0.0731. The maximum absolute atomic E-state index is 15.2. The smallest absolute Gasteiger partial charge is 0.254 e. The molecule has 1 N–H and O–H groups in total. The van der Waals surface area contributed by atoms with Crippen LogP contribution in [0.25, 0.3) is 21.8 Å². The Morgan fingerprint density at radius 2 is 2.03 bits per heavy atom. The molecule has 3 heterocycles. The highest BCUT2D eigenvalue weighted by Gasteiger charge is 2.27. The number of halogens is 1. The topological polar surface area (TPSA) is 92.4 Å². The normalized spacial score (nSPS) is 13.6. The van der Waals surface area contributed by atoms with E-state index in [4.69, 9.17) is 4.74 Å². The molecule has 0 spiro atoms. The van der Waals surface area contributed by atoms with Gasteiger partial charge in [-0.05, 0) is 53.3 Å².